The largest absolute Gasteiger partial charge is 0.481 e. The standard InChI is InChI=1S/C12H18N2O2.ClH/c1-8-5-10-11(6-9(8)2)14(7-13-10)4-3-12(15)16;/h7-9H,3-6H2,1-2H3,(H,15,16);1H. The fraction of sp³-hybridized carbons (Fsp3) is 0.667. The van der Waals surface area contributed by atoms with Gasteiger partial charge in [-0.2, -0.15) is 0 Å². The monoisotopic (exact) mass is 258 g/mol. The molecule has 1 aliphatic rings. The highest BCUT2D eigenvalue weighted by Gasteiger charge is 2.25. The number of fused-ring (bicyclic) bond motifs is 1. The van der Waals surface area contributed by atoms with Gasteiger partial charge in [0.2, 0.25) is 0 Å². The van der Waals surface area contributed by atoms with Gasteiger partial charge < -0.3 is 9.67 Å². The minimum atomic E-state index is -0.750. The van der Waals surface area contributed by atoms with Gasteiger partial charge in [-0.1, -0.05) is 13.8 Å². The van der Waals surface area contributed by atoms with Crippen molar-refractivity contribution < 1.29 is 9.90 Å². The molecule has 4 nitrogen and oxygen atoms in total. The Hall–Kier alpha value is -1.03. The quantitative estimate of drug-likeness (QED) is 0.904. The molecular weight excluding hydrogens is 240 g/mol. The predicted molar refractivity (Wildman–Crippen MR) is 67.5 cm³/mol. The lowest BCUT2D eigenvalue weighted by molar-refractivity contribution is -0.137. The molecule has 0 saturated heterocycles. The average Bonchev–Trinajstić information content (AvgIpc) is 2.58. The van der Waals surface area contributed by atoms with Crippen LogP contribution < -0.4 is 0 Å². The molecule has 17 heavy (non-hydrogen) atoms. The number of imidazole rings is 1. The summed E-state index contributed by atoms with van der Waals surface area (Å²) in [4.78, 5) is 14.9. The molecule has 0 aromatic carbocycles. The van der Waals surface area contributed by atoms with Gasteiger partial charge in [0.1, 0.15) is 0 Å². The van der Waals surface area contributed by atoms with E-state index in [1.165, 1.54) is 5.69 Å². The summed E-state index contributed by atoms with van der Waals surface area (Å²) in [6.07, 6.45) is 4.01. The number of aryl methyl sites for hydroxylation is 1. The summed E-state index contributed by atoms with van der Waals surface area (Å²) < 4.78 is 2.01. The Kier molecular flexibility index (Phi) is 4.57. The molecule has 0 amide bonds. The molecule has 1 aromatic rings. The zero-order chi connectivity index (χ0) is 11.7. The van der Waals surface area contributed by atoms with Crippen LogP contribution >= 0.6 is 12.4 Å². The molecule has 1 aliphatic carbocycles. The van der Waals surface area contributed by atoms with Crippen LogP contribution in [0.25, 0.3) is 0 Å². The van der Waals surface area contributed by atoms with Crippen molar-refractivity contribution >= 4 is 18.4 Å². The van der Waals surface area contributed by atoms with Gasteiger partial charge in [0, 0.05) is 12.2 Å². The second kappa shape index (κ2) is 5.54. The second-order valence-corrected chi connectivity index (χ2v) is 4.84. The number of nitrogens with zero attached hydrogens (tertiary/aromatic N) is 2. The number of carboxylic acid groups (broad SMARTS) is 1. The van der Waals surface area contributed by atoms with Gasteiger partial charge in [0.25, 0.3) is 0 Å². The van der Waals surface area contributed by atoms with Gasteiger partial charge >= 0.3 is 5.97 Å². The minimum Gasteiger partial charge on any atom is -0.481 e. The van der Waals surface area contributed by atoms with Crippen molar-refractivity contribution in [1.29, 1.82) is 0 Å². The Bertz CT molecular complexity index is 403. The summed E-state index contributed by atoms with van der Waals surface area (Å²) in [5.74, 6) is 0.586. The van der Waals surface area contributed by atoms with Crippen LogP contribution in [0, 0.1) is 11.8 Å². The number of halogens is 1. The Labute approximate surface area is 107 Å². The smallest absolute Gasteiger partial charge is 0.305 e. The molecule has 1 heterocycles. The van der Waals surface area contributed by atoms with E-state index in [0.29, 0.717) is 18.4 Å². The Morgan fingerprint density at radius 2 is 2.12 bits per heavy atom. The third-order valence-corrected chi connectivity index (χ3v) is 3.60. The molecule has 0 radical (unpaired) electrons. The average molecular weight is 259 g/mol. The van der Waals surface area contributed by atoms with Gasteiger partial charge in [-0.3, -0.25) is 4.79 Å². The van der Waals surface area contributed by atoms with Crippen molar-refractivity contribution in [2.24, 2.45) is 11.8 Å². The highest BCUT2D eigenvalue weighted by molar-refractivity contribution is 5.85. The van der Waals surface area contributed by atoms with Crippen LogP contribution in [0.15, 0.2) is 6.33 Å². The van der Waals surface area contributed by atoms with Crippen molar-refractivity contribution in [3.8, 4) is 0 Å². The summed E-state index contributed by atoms with van der Waals surface area (Å²) in [5, 5.41) is 8.68. The van der Waals surface area contributed by atoms with E-state index >= 15 is 0 Å². The zero-order valence-electron chi connectivity index (χ0n) is 10.2. The van der Waals surface area contributed by atoms with Crippen molar-refractivity contribution in [3.05, 3.63) is 17.7 Å². The molecule has 5 heteroatoms. The van der Waals surface area contributed by atoms with Gasteiger partial charge in [-0.05, 0) is 24.7 Å². The lowest BCUT2D eigenvalue weighted by Crippen LogP contribution is -2.22. The van der Waals surface area contributed by atoms with E-state index in [9.17, 15) is 4.79 Å². The van der Waals surface area contributed by atoms with Crippen LogP contribution in [0.3, 0.4) is 0 Å². The number of rotatable bonds is 3. The third kappa shape index (κ3) is 3.00. The Morgan fingerprint density at radius 3 is 2.76 bits per heavy atom. The van der Waals surface area contributed by atoms with Crippen LogP contribution in [-0.2, 0) is 24.2 Å². The molecule has 0 bridgehead atoms. The van der Waals surface area contributed by atoms with Crippen molar-refractivity contribution in [3.63, 3.8) is 0 Å². The number of aromatic nitrogens is 2. The second-order valence-electron chi connectivity index (χ2n) is 4.84. The molecule has 2 atom stereocenters. The first kappa shape index (κ1) is 14.0. The Morgan fingerprint density at radius 1 is 1.47 bits per heavy atom. The topological polar surface area (TPSA) is 55.1 Å². The van der Waals surface area contributed by atoms with Crippen LogP contribution in [0.4, 0.5) is 0 Å². The van der Waals surface area contributed by atoms with Crippen molar-refractivity contribution in [2.45, 2.75) is 39.7 Å². The first-order valence-corrected chi connectivity index (χ1v) is 5.82. The number of hydrogen-bond acceptors (Lipinski definition) is 2. The van der Waals surface area contributed by atoms with Crippen LogP contribution in [0.1, 0.15) is 31.7 Å². The normalized spacial score (nSPS) is 22.7. The highest BCUT2D eigenvalue weighted by atomic mass is 35.5. The number of aliphatic carboxylic acids is 1. The van der Waals surface area contributed by atoms with E-state index in [4.69, 9.17) is 5.11 Å². The number of hydrogen-bond donors (Lipinski definition) is 1. The van der Waals surface area contributed by atoms with Crippen molar-refractivity contribution in [2.75, 3.05) is 0 Å². The van der Waals surface area contributed by atoms with E-state index < -0.39 is 5.97 Å². The summed E-state index contributed by atoms with van der Waals surface area (Å²) >= 11 is 0. The lowest BCUT2D eigenvalue weighted by atomic mass is 9.82. The first-order chi connectivity index (χ1) is 7.58. The van der Waals surface area contributed by atoms with Crippen LogP contribution in [0.5, 0.6) is 0 Å². The van der Waals surface area contributed by atoms with E-state index in [1.54, 1.807) is 6.33 Å². The summed E-state index contributed by atoms with van der Waals surface area (Å²) in [6, 6.07) is 0. The molecule has 0 fully saturated rings. The fourth-order valence-corrected chi connectivity index (χ4v) is 2.28. The van der Waals surface area contributed by atoms with Gasteiger partial charge in [0.15, 0.2) is 0 Å². The van der Waals surface area contributed by atoms with E-state index in [-0.39, 0.29) is 18.8 Å². The number of carbonyl (C=O) groups is 1. The molecule has 0 saturated carbocycles. The Balaban J connectivity index is 0.00000144. The van der Waals surface area contributed by atoms with Crippen LogP contribution in [0.2, 0.25) is 0 Å². The fourth-order valence-electron chi connectivity index (χ4n) is 2.28. The van der Waals surface area contributed by atoms with E-state index in [1.807, 2.05) is 4.57 Å². The maximum atomic E-state index is 10.5. The summed E-state index contributed by atoms with van der Waals surface area (Å²) in [7, 11) is 0. The van der Waals surface area contributed by atoms with Crippen LogP contribution in [-0.4, -0.2) is 20.6 Å². The summed E-state index contributed by atoms with van der Waals surface area (Å²) in [6.45, 7) is 5.05. The SMILES string of the molecule is CC1Cc2ncn(CCC(=O)O)c2CC1C.Cl. The van der Waals surface area contributed by atoms with E-state index in [2.05, 4.69) is 18.8 Å². The maximum absolute atomic E-state index is 10.5. The summed E-state index contributed by atoms with van der Waals surface area (Å²) in [5.41, 5.74) is 2.41. The molecule has 1 N–H and O–H groups in total. The molecule has 96 valence electrons. The predicted octanol–water partition coefficient (Wildman–Crippen LogP) is 2.15. The molecule has 2 unspecified atom stereocenters. The van der Waals surface area contributed by atoms with E-state index in [0.717, 1.165) is 18.5 Å². The molecule has 1 aromatic heterocycles. The number of carboxylic acids is 1. The van der Waals surface area contributed by atoms with Gasteiger partial charge in [-0.15, -0.1) is 12.4 Å². The highest BCUT2D eigenvalue weighted by Crippen LogP contribution is 2.28. The maximum Gasteiger partial charge on any atom is 0.305 e. The molecule has 0 aliphatic heterocycles. The zero-order valence-corrected chi connectivity index (χ0v) is 11.0. The van der Waals surface area contributed by atoms with Crippen molar-refractivity contribution in [1.82, 2.24) is 9.55 Å². The molecule has 0 spiro atoms. The van der Waals surface area contributed by atoms with Gasteiger partial charge in [0.05, 0.1) is 18.4 Å². The minimum absolute atomic E-state index is 0. The lowest BCUT2D eigenvalue weighted by Gasteiger charge is -2.26. The molecule has 2 rings (SSSR count). The first-order valence-electron chi connectivity index (χ1n) is 5.82. The van der Waals surface area contributed by atoms with Gasteiger partial charge in [-0.25, -0.2) is 4.98 Å². The molecular formula is C12H19ClN2O2. The third-order valence-electron chi connectivity index (χ3n) is 3.60.